The molecule has 1 aliphatic rings. The van der Waals surface area contributed by atoms with Gasteiger partial charge in [0.1, 0.15) is 0 Å². The van der Waals surface area contributed by atoms with Crippen molar-refractivity contribution in [1.82, 2.24) is 0 Å². The highest BCUT2D eigenvalue weighted by atomic mass is 16.4. The van der Waals surface area contributed by atoms with Crippen molar-refractivity contribution in [3.63, 3.8) is 0 Å². The maximum absolute atomic E-state index is 10.6. The number of hydrogen-bond donors (Lipinski definition) is 1. The Labute approximate surface area is 73.3 Å². The fourth-order valence-corrected chi connectivity index (χ4v) is 1.55. The van der Waals surface area contributed by atoms with Gasteiger partial charge in [-0.3, -0.25) is 0 Å². The van der Waals surface area contributed by atoms with Crippen LogP contribution in [-0.4, -0.2) is 11.1 Å². The van der Waals surface area contributed by atoms with Crippen molar-refractivity contribution in [1.29, 1.82) is 0 Å². The Bertz CT molecular complexity index is 220. The lowest BCUT2D eigenvalue weighted by Gasteiger charge is -2.26. The number of carbonyl (C=O) groups is 1. The standard InChI is InChI=1S/C10H16O2/c1-10(2,3)8-5-4-7(6-8)9(11)12/h4,8H,5-6H2,1-3H3,(H,11,12). The zero-order chi connectivity index (χ0) is 9.35. The monoisotopic (exact) mass is 168 g/mol. The number of allylic oxidation sites excluding steroid dienone is 1. The Morgan fingerprint density at radius 2 is 2.17 bits per heavy atom. The average Bonchev–Trinajstić information content (AvgIpc) is 2.30. The molecule has 0 heterocycles. The molecule has 68 valence electrons. The molecule has 0 spiro atoms. The van der Waals surface area contributed by atoms with Gasteiger partial charge in [-0.25, -0.2) is 4.79 Å². The summed E-state index contributed by atoms with van der Waals surface area (Å²) in [6.45, 7) is 6.49. The first-order valence-electron chi connectivity index (χ1n) is 4.33. The number of hydrogen-bond acceptors (Lipinski definition) is 1. The first-order chi connectivity index (χ1) is 5.41. The smallest absolute Gasteiger partial charge is 0.331 e. The first-order valence-corrected chi connectivity index (χ1v) is 4.33. The van der Waals surface area contributed by atoms with E-state index in [1.54, 1.807) is 0 Å². The van der Waals surface area contributed by atoms with E-state index in [9.17, 15) is 4.79 Å². The number of rotatable bonds is 1. The van der Waals surface area contributed by atoms with E-state index < -0.39 is 5.97 Å². The second-order valence-electron chi connectivity index (χ2n) is 4.54. The van der Waals surface area contributed by atoms with Gasteiger partial charge in [0.05, 0.1) is 0 Å². The molecule has 0 aromatic heterocycles. The predicted molar refractivity (Wildman–Crippen MR) is 47.9 cm³/mol. The molecule has 1 rings (SSSR count). The maximum Gasteiger partial charge on any atom is 0.331 e. The normalized spacial score (nSPS) is 23.9. The number of aliphatic carboxylic acids is 1. The average molecular weight is 168 g/mol. The molecule has 0 radical (unpaired) electrons. The molecule has 2 nitrogen and oxygen atoms in total. The summed E-state index contributed by atoms with van der Waals surface area (Å²) in [6, 6.07) is 0. The zero-order valence-corrected chi connectivity index (χ0v) is 7.92. The van der Waals surface area contributed by atoms with Crippen LogP contribution in [0.3, 0.4) is 0 Å². The SMILES string of the molecule is CC(C)(C)C1CC=C(C(=O)O)C1. The van der Waals surface area contributed by atoms with Crippen LogP contribution in [0.1, 0.15) is 33.6 Å². The van der Waals surface area contributed by atoms with Crippen LogP contribution in [0, 0.1) is 11.3 Å². The Hall–Kier alpha value is -0.790. The molecule has 1 atom stereocenters. The molecule has 0 aromatic carbocycles. The molecule has 0 fully saturated rings. The maximum atomic E-state index is 10.6. The van der Waals surface area contributed by atoms with Crippen LogP contribution in [0.4, 0.5) is 0 Å². The summed E-state index contributed by atoms with van der Waals surface area (Å²) in [7, 11) is 0. The Kier molecular flexibility index (Phi) is 2.27. The lowest BCUT2D eigenvalue weighted by atomic mass is 9.79. The summed E-state index contributed by atoms with van der Waals surface area (Å²) >= 11 is 0. The second kappa shape index (κ2) is 2.92. The highest BCUT2D eigenvalue weighted by Gasteiger charge is 2.30. The van der Waals surface area contributed by atoms with Crippen molar-refractivity contribution in [2.45, 2.75) is 33.6 Å². The van der Waals surface area contributed by atoms with E-state index in [2.05, 4.69) is 20.8 Å². The highest BCUT2D eigenvalue weighted by molar-refractivity contribution is 5.87. The minimum atomic E-state index is -0.748. The summed E-state index contributed by atoms with van der Waals surface area (Å²) in [5, 5.41) is 8.73. The van der Waals surface area contributed by atoms with E-state index in [4.69, 9.17) is 5.11 Å². The molecular weight excluding hydrogens is 152 g/mol. The van der Waals surface area contributed by atoms with Gasteiger partial charge in [0, 0.05) is 5.57 Å². The second-order valence-corrected chi connectivity index (χ2v) is 4.54. The van der Waals surface area contributed by atoms with Crippen LogP contribution >= 0.6 is 0 Å². The summed E-state index contributed by atoms with van der Waals surface area (Å²) in [5.74, 6) is -0.245. The minimum absolute atomic E-state index is 0.230. The topological polar surface area (TPSA) is 37.3 Å². The number of carboxylic acids is 1. The van der Waals surface area contributed by atoms with E-state index in [1.165, 1.54) is 0 Å². The van der Waals surface area contributed by atoms with Crippen molar-refractivity contribution < 1.29 is 9.90 Å². The van der Waals surface area contributed by atoms with Crippen molar-refractivity contribution >= 4 is 5.97 Å². The quantitative estimate of drug-likeness (QED) is 0.653. The summed E-state index contributed by atoms with van der Waals surface area (Å²) < 4.78 is 0. The Morgan fingerprint density at radius 1 is 1.58 bits per heavy atom. The minimum Gasteiger partial charge on any atom is -0.478 e. The van der Waals surface area contributed by atoms with Gasteiger partial charge in [0.25, 0.3) is 0 Å². The van der Waals surface area contributed by atoms with Gasteiger partial charge >= 0.3 is 5.97 Å². The highest BCUT2D eigenvalue weighted by Crippen LogP contribution is 2.38. The first kappa shape index (κ1) is 9.30. The van der Waals surface area contributed by atoms with Crippen molar-refractivity contribution in [3.05, 3.63) is 11.6 Å². The Morgan fingerprint density at radius 3 is 2.42 bits per heavy atom. The number of carboxylic acid groups (broad SMARTS) is 1. The molecular formula is C10H16O2. The molecule has 0 bridgehead atoms. The third-order valence-corrected chi connectivity index (χ3v) is 2.61. The third kappa shape index (κ3) is 1.87. The van der Waals surface area contributed by atoms with Crippen LogP contribution in [0.25, 0.3) is 0 Å². The zero-order valence-electron chi connectivity index (χ0n) is 7.92. The molecule has 0 saturated carbocycles. The van der Waals surface area contributed by atoms with E-state index in [0.29, 0.717) is 11.5 Å². The van der Waals surface area contributed by atoms with E-state index >= 15 is 0 Å². The van der Waals surface area contributed by atoms with Crippen LogP contribution in [0.5, 0.6) is 0 Å². The van der Waals surface area contributed by atoms with Gasteiger partial charge in [-0.2, -0.15) is 0 Å². The summed E-state index contributed by atoms with van der Waals surface area (Å²) in [5.41, 5.74) is 0.822. The van der Waals surface area contributed by atoms with Crippen molar-refractivity contribution in [2.24, 2.45) is 11.3 Å². The van der Waals surface area contributed by atoms with Crippen LogP contribution in [-0.2, 0) is 4.79 Å². The fourth-order valence-electron chi connectivity index (χ4n) is 1.55. The van der Waals surface area contributed by atoms with Crippen LogP contribution in [0.15, 0.2) is 11.6 Å². The van der Waals surface area contributed by atoms with Crippen molar-refractivity contribution in [2.75, 3.05) is 0 Å². The van der Waals surface area contributed by atoms with Crippen LogP contribution < -0.4 is 0 Å². The lowest BCUT2D eigenvalue weighted by Crippen LogP contribution is -2.18. The van der Waals surface area contributed by atoms with E-state index in [1.807, 2.05) is 6.08 Å². The fraction of sp³-hybridized carbons (Fsp3) is 0.700. The summed E-state index contributed by atoms with van der Waals surface area (Å²) in [6.07, 6.45) is 3.52. The van der Waals surface area contributed by atoms with E-state index in [0.717, 1.165) is 12.8 Å². The third-order valence-electron chi connectivity index (χ3n) is 2.61. The molecule has 0 amide bonds. The van der Waals surface area contributed by atoms with Gasteiger partial charge in [-0.15, -0.1) is 0 Å². The van der Waals surface area contributed by atoms with Gasteiger partial charge < -0.3 is 5.11 Å². The summed E-state index contributed by atoms with van der Waals surface area (Å²) in [4.78, 5) is 10.6. The molecule has 0 saturated heterocycles. The molecule has 1 N–H and O–H groups in total. The molecule has 12 heavy (non-hydrogen) atoms. The van der Waals surface area contributed by atoms with E-state index in [-0.39, 0.29) is 5.41 Å². The van der Waals surface area contributed by atoms with Crippen LogP contribution in [0.2, 0.25) is 0 Å². The predicted octanol–water partition coefficient (Wildman–Crippen LogP) is 2.45. The Balaban J connectivity index is 2.59. The molecule has 1 unspecified atom stereocenters. The molecule has 0 aromatic rings. The molecule has 0 aliphatic heterocycles. The van der Waals surface area contributed by atoms with Crippen molar-refractivity contribution in [3.8, 4) is 0 Å². The largest absolute Gasteiger partial charge is 0.478 e. The van der Waals surface area contributed by atoms with Gasteiger partial charge in [-0.1, -0.05) is 26.8 Å². The van der Waals surface area contributed by atoms with Gasteiger partial charge in [0.2, 0.25) is 0 Å². The van der Waals surface area contributed by atoms with Gasteiger partial charge in [-0.05, 0) is 24.2 Å². The molecule has 2 heteroatoms. The lowest BCUT2D eigenvalue weighted by molar-refractivity contribution is -0.132. The van der Waals surface area contributed by atoms with Gasteiger partial charge in [0.15, 0.2) is 0 Å². The molecule has 1 aliphatic carbocycles.